The van der Waals surface area contributed by atoms with Crippen LogP contribution in [0.3, 0.4) is 0 Å². The number of ether oxygens (including phenoxy) is 4. The first-order valence-corrected chi connectivity index (χ1v) is 15.4. The molecule has 0 aliphatic carbocycles. The molecule has 12 heteroatoms. The second-order valence-corrected chi connectivity index (χ2v) is 11.5. The lowest BCUT2D eigenvalue weighted by molar-refractivity contribution is -0.144. The van der Waals surface area contributed by atoms with Gasteiger partial charge in [-0.25, -0.2) is 9.59 Å². The van der Waals surface area contributed by atoms with Gasteiger partial charge in [0.25, 0.3) is 11.8 Å². The molecule has 2 atom stereocenters. The van der Waals surface area contributed by atoms with Gasteiger partial charge >= 0.3 is 11.9 Å². The molecule has 50 heavy (non-hydrogen) atoms. The highest BCUT2D eigenvalue weighted by Gasteiger charge is 2.34. The Morgan fingerprint density at radius 1 is 0.560 bits per heavy atom. The van der Waals surface area contributed by atoms with E-state index in [0.717, 1.165) is 35.4 Å². The first-order valence-electron chi connectivity index (χ1n) is 15.4. The van der Waals surface area contributed by atoms with Crippen molar-refractivity contribution >= 4 is 35.1 Å². The second kappa shape index (κ2) is 13.5. The van der Waals surface area contributed by atoms with Crippen molar-refractivity contribution in [3.63, 3.8) is 0 Å². The number of anilines is 2. The quantitative estimate of drug-likeness (QED) is 0.234. The molecule has 0 fully saturated rings. The third kappa shape index (κ3) is 6.33. The lowest BCUT2D eigenvalue weighted by Gasteiger charge is -2.31. The molecule has 4 aromatic carbocycles. The van der Waals surface area contributed by atoms with E-state index in [2.05, 4.69) is 0 Å². The molecule has 12 nitrogen and oxygen atoms in total. The van der Waals surface area contributed by atoms with E-state index in [9.17, 15) is 29.4 Å². The van der Waals surface area contributed by atoms with Crippen molar-refractivity contribution < 1.29 is 48.3 Å². The minimum absolute atomic E-state index is 0.108. The number of aromatic hydroxyl groups is 2. The molecule has 2 aliphatic heterocycles. The van der Waals surface area contributed by atoms with Gasteiger partial charge in [0, 0.05) is 35.4 Å². The number of hydrogen-bond donors (Lipinski definition) is 2. The number of phenolic OH excluding ortho intramolecular Hbond substituents is 2. The first-order chi connectivity index (χ1) is 24.0. The highest BCUT2D eigenvalue weighted by Crippen LogP contribution is 2.40. The van der Waals surface area contributed by atoms with Gasteiger partial charge < -0.3 is 29.2 Å². The standard InChI is InChI=1S/C38H32N2O10/c1-21-17-23(5-9-27(21)39-33(43)13-15-35(45)49-37(39)25-7-11-29(41)31(19-25)47-3)24-6-10-28(22(2)18-24)40-34(44)14-16-36(46)50-38(40)26-8-12-30(42)32(20-26)48-4/h5-20,37-38,41-42H,1-4H3. The van der Waals surface area contributed by atoms with Gasteiger partial charge in [0.2, 0.25) is 12.5 Å². The molecule has 2 unspecified atom stereocenters. The zero-order valence-corrected chi connectivity index (χ0v) is 27.4. The van der Waals surface area contributed by atoms with Gasteiger partial charge in [-0.15, -0.1) is 0 Å². The van der Waals surface area contributed by atoms with Crippen molar-refractivity contribution in [3.8, 4) is 34.1 Å². The Morgan fingerprint density at radius 2 is 0.960 bits per heavy atom. The van der Waals surface area contributed by atoms with Crippen molar-refractivity contribution in [2.45, 2.75) is 26.3 Å². The zero-order chi connectivity index (χ0) is 35.7. The van der Waals surface area contributed by atoms with Crippen LogP contribution in [0.1, 0.15) is 34.7 Å². The topological polar surface area (TPSA) is 152 Å². The van der Waals surface area contributed by atoms with Gasteiger partial charge in [-0.3, -0.25) is 19.4 Å². The first kappa shape index (κ1) is 33.3. The minimum Gasteiger partial charge on any atom is -0.504 e. The molecular formula is C38H32N2O10. The Morgan fingerprint density at radius 3 is 1.32 bits per heavy atom. The summed E-state index contributed by atoms with van der Waals surface area (Å²) in [6.07, 6.45) is 2.12. The average Bonchev–Trinajstić information content (AvgIpc) is 3.35. The molecule has 2 N–H and O–H groups in total. The van der Waals surface area contributed by atoms with Crippen molar-refractivity contribution in [3.05, 3.63) is 119 Å². The molecule has 0 saturated carbocycles. The van der Waals surface area contributed by atoms with Gasteiger partial charge in [0.1, 0.15) is 0 Å². The summed E-state index contributed by atoms with van der Waals surface area (Å²) in [4.78, 5) is 54.5. The Balaban J connectivity index is 1.35. The number of carbonyl (C=O) groups excluding carboxylic acids is 4. The number of rotatable bonds is 7. The summed E-state index contributed by atoms with van der Waals surface area (Å²) in [6, 6.07) is 19.8. The molecule has 0 saturated heterocycles. The lowest BCUT2D eigenvalue weighted by atomic mass is 9.98. The number of hydrogen-bond acceptors (Lipinski definition) is 10. The number of carbonyl (C=O) groups is 4. The summed E-state index contributed by atoms with van der Waals surface area (Å²) in [6.45, 7) is 3.65. The Hall–Kier alpha value is -6.56. The zero-order valence-electron chi connectivity index (χ0n) is 27.4. The largest absolute Gasteiger partial charge is 0.504 e. The molecule has 4 aromatic rings. The van der Waals surface area contributed by atoms with Crippen LogP contribution in [0, 0.1) is 13.8 Å². The number of methoxy groups -OCH3 is 2. The smallest absolute Gasteiger partial charge is 0.333 e. The summed E-state index contributed by atoms with van der Waals surface area (Å²) >= 11 is 0. The van der Waals surface area contributed by atoms with Crippen molar-refractivity contribution in [1.82, 2.24) is 0 Å². The van der Waals surface area contributed by atoms with E-state index < -0.39 is 36.2 Å². The van der Waals surface area contributed by atoms with Crippen molar-refractivity contribution in [2.75, 3.05) is 24.0 Å². The fourth-order valence-corrected chi connectivity index (χ4v) is 5.91. The second-order valence-electron chi connectivity index (χ2n) is 11.5. The number of nitrogens with zero attached hydrogens (tertiary/aromatic N) is 2. The maximum Gasteiger partial charge on any atom is 0.333 e. The monoisotopic (exact) mass is 676 g/mol. The highest BCUT2D eigenvalue weighted by atomic mass is 16.6. The molecule has 2 amide bonds. The van der Waals surface area contributed by atoms with Crippen LogP contribution >= 0.6 is 0 Å². The Labute approximate surface area is 287 Å². The van der Waals surface area contributed by atoms with Crippen LogP contribution in [-0.4, -0.2) is 48.2 Å². The maximum atomic E-state index is 13.4. The number of esters is 2. The molecule has 2 heterocycles. The average molecular weight is 677 g/mol. The van der Waals surface area contributed by atoms with Crippen LogP contribution in [0.2, 0.25) is 0 Å². The third-order valence-electron chi connectivity index (χ3n) is 8.35. The maximum absolute atomic E-state index is 13.4. The fourth-order valence-electron chi connectivity index (χ4n) is 5.91. The molecule has 6 rings (SSSR count). The SMILES string of the molecule is COc1cc(C2OC(=O)C=CC(=O)N2c2ccc(-c3ccc(N4C(=O)C=CC(=O)OC4c4ccc(O)c(OC)c4)c(C)c3)cc2C)ccc1O. The van der Waals surface area contributed by atoms with E-state index >= 15 is 0 Å². The summed E-state index contributed by atoms with van der Waals surface area (Å²) in [7, 11) is 2.78. The Kier molecular flexibility index (Phi) is 9.01. The van der Waals surface area contributed by atoms with E-state index in [-0.39, 0.29) is 23.0 Å². The number of cyclic esters (lactones) is 2. The van der Waals surface area contributed by atoms with Crippen LogP contribution in [0.15, 0.2) is 97.1 Å². The minimum atomic E-state index is -1.15. The summed E-state index contributed by atoms with van der Waals surface area (Å²) in [5.74, 6) is -2.29. The molecule has 2 aliphatic rings. The van der Waals surface area contributed by atoms with E-state index in [1.54, 1.807) is 24.3 Å². The summed E-state index contributed by atoms with van der Waals surface area (Å²) < 4.78 is 21.8. The van der Waals surface area contributed by atoms with Gasteiger partial charge in [0.15, 0.2) is 23.0 Å². The van der Waals surface area contributed by atoms with Crippen LogP contribution in [0.4, 0.5) is 11.4 Å². The summed E-state index contributed by atoms with van der Waals surface area (Å²) in [5, 5.41) is 20.2. The van der Waals surface area contributed by atoms with E-state index in [1.807, 2.05) is 38.1 Å². The van der Waals surface area contributed by atoms with Crippen LogP contribution < -0.4 is 19.3 Å². The van der Waals surface area contributed by atoms with Gasteiger partial charge in [-0.05, 0) is 96.8 Å². The molecule has 0 bridgehead atoms. The molecule has 0 aromatic heterocycles. The molecular weight excluding hydrogens is 644 g/mol. The molecule has 0 spiro atoms. The molecule has 0 radical (unpaired) electrons. The van der Waals surface area contributed by atoms with Crippen molar-refractivity contribution in [2.24, 2.45) is 0 Å². The highest BCUT2D eigenvalue weighted by molar-refractivity contribution is 6.07. The van der Waals surface area contributed by atoms with Crippen LogP contribution in [0.25, 0.3) is 11.1 Å². The Bertz CT molecular complexity index is 1950. The summed E-state index contributed by atoms with van der Waals surface area (Å²) in [5.41, 5.74) is 4.78. The molecule has 254 valence electrons. The number of amides is 2. The lowest BCUT2D eigenvalue weighted by Crippen LogP contribution is -2.35. The van der Waals surface area contributed by atoms with Gasteiger partial charge in [-0.2, -0.15) is 0 Å². The number of aryl methyl sites for hydroxylation is 2. The van der Waals surface area contributed by atoms with Crippen molar-refractivity contribution in [1.29, 1.82) is 0 Å². The number of phenols is 2. The third-order valence-corrected chi connectivity index (χ3v) is 8.35. The normalized spacial score (nSPS) is 17.6. The fraction of sp³-hybridized carbons (Fsp3) is 0.158. The van der Waals surface area contributed by atoms with E-state index in [1.165, 1.54) is 48.3 Å². The van der Waals surface area contributed by atoms with Crippen LogP contribution in [0.5, 0.6) is 23.0 Å². The number of benzene rings is 4. The predicted octanol–water partition coefficient (Wildman–Crippen LogP) is 5.69. The van der Waals surface area contributed by atoms with Crippen LogP contribution in [-0.2, 0) is 28.7 Å². The van der Waals surface area contributed by atoms with Gasteiger partial charge in [-0.1, -0.05) is 12.1 Å². The predicted molar refractivity (Wildman–Crippen MR) is 182 cm³/mol. The van der Waals surface area contributed by atoms with E-state index in [0.29, 0.717) is 33.6 Å². The van der Waals surface area contributed by atoms with Gasteiger partial charge in [0.05, 0.1) is 25.6 Å². The van der Waals surface area contributed by atoms with E-state index in [4.69, 9.17) is 18.9 Å².